The average Bonchev–Trinajstić information content (AvgIpc) is 3.63. The highest BCUT2D eigenvalue weighted by Gasteiger charge is 2.64. The Balaban J connectivity index is 1.50. The van der Waals surface area contributed by atoms with Crippen LogP contribution in [0.15, 0.2) is 54.6 Å². The molecule has 2 aromatic heterocycles. The largest absolute Gasteiger partial charge is 0.411 e. The van der Waals surface area contributed by atoms with Gasteiger partial charge in [-0.25, -0.2) is 27.2 Å². The molecule has 8 nitrogen and oxygen atoms in total. The minimum atomic E-state index is -4.53. The second-order valence-corrected chi connectivity index (χ2v) is 11.0. The van der Waals surface area contributed by atoms with E-state index in [2.05, 4.69) is 30.3 Å². The number of anilines is 3. The lowest BCUT2D eigenvalue weighted by atomic mass is 10.1. The van der Waals surface area contributed by atoms with Crippen LogP contribution >= 0.6 is 0 Å². The maximum atomic E-state index is 14.1. The van der Waals surface area contributed by atoms with Gasteiger partial charge < -0.3 is 10.6 Å². The number of benzene rings is 2. The quantitative estimate of drug-likeness (QED) is 0.244. The van der Waals surface area contributed by atoms with E-state index < -0.39 is 33.4 Å². The molecule has 0 saturated heterocycles. The van der Waals surface area contributed by atoms with Gasteiger partial charge in [0.15, 0.2) is 5.82 Å². The summed E-state index contributed by atoms with van der Waals surface area (Å²) in [5.41, 5.74) is -0.549. The van der Waals surface area contributed by atoms with Crippen LogP contribution in [0, 0.1) is 11.6 Å². The van der Waals surface area contributed by atoms with E-state index in [1.54, 1.807) is 12.1 Å². The zero-order valence-corrected chi connectivity index (χ0v) is 21.1. The lowest BCUT2D eigenvalue weighted by Gasteiger charge is -2.22. The Hall–Kier alpha value is -4.07. The molecule has 1 aliphatic rings. The number of aromatic nitrogens is 3. The highest BCUT2D eigenvalue weighted by Crippen LogP contribution is 2.51. The Morgan fingerprint density at radius 3 is 2.28 bits per heavy atom. The summed E-state index contributed by atoms with van der Waals surface area (Å²) in [6.45, 7) is -0.0628. The van der Waals surface area contributed by atoms with E-state index in [0.29, 0.717) is 16.8 Å². The molecule has 2 aromatic carbocycles. The van der Waals surface area contributed by atoms with Crippen LogP contribution in [0.25, 0.3) is 22.3 Å². The van der Waals surface area contributed by atoms with Gasteiger partial charge in [0.1, 0.15) is 22.7 Å². The van der Waals surface area contributed by atoms with Crippen LogP contribution in [0.4, 0.5) is 39.4 Å². The topological polar surface area (TPSA) is 109 Å². The molecule has 39 heavy (non-hydrogen) atoms. The van der Waals surface area contributed by atoms with Crippen molar-refractivity contribution in [3.8, 4) is 11.3 Å². The molecule has 1 saturated carbocycles. The van der Waals surface area contributed by atoms with E-state index in [-0.39, 0.29) is 47.9 Å². The van der Waals surface area contributed by atoms with Gasteiger partial charge in [-0.05, 0) is 73.0 Å². The molecule has 1 fully saturated rings. The zero-order valence-electron chi connectivity index (χ0n) is 20.3. The summed E-state index contributed by atoms with van der Waals surface area (Å²) >= 11 is 0. The molecule has 0 bridgehead atoms. The van der Waals surface area contributed by atoms with Crippen molar-refractivity contribution in [2.24, 2.45) is 0 Å². The summed E-state index contributed by atoms with van der Waals surface area (Å²) in [6.07, 6.45) is -3.88. The first kappa shape index (κ1) is 26.5. The number of nitrogens with one attached hydrogen (secondary N) is 3. The number of nitrogens with zero attached hydrogens (tertiary/aromatic N) is 3. The molecule has 0 amide bonds. The minimum Gasteiger partial charge on any atom is -0.354 e. The van der Waals surface area contributed by atoms with Crippen molar-refractivity contribution in [3.63, 3.8) is 0 Å². The maximum Gasteiger partial charge on any atom is 0.411 e. The van der Waals surface area contributed by atoms with Crippen molar-refractivity contribution in [1.82, 2.24) is 15.0 Å². The third-order valence-electron chi connectivity index (χ3n) is 6.04. The SMILES string of the molecule is CS(=O)(=O)Nc1cc(F)cc(CNc2nc(NC3(C(F)(F)F)CC3)c3nc(-c4ccc(F)cc4)ccc3n2)c1. The van der Waals surface area contributed by atoms with Crippen LogP contribution < -0.4 is 15.4 Å². The van der Waals surface area contributed by atoms with E-state index in [9.17, 15) is 30.4 Å². The van der Waals surface area contributed by atoms with Crippen LogP contribution in [0.3, 0.4) is 0 Å². The summed E-state index contributed by atoms with van der Waals surface area (Å²) in [5, 5.41) is 5.36. The molecule has 14 heteroatoms. The molecule has 0 atom stereocenters. The molecular formula is C25H21F5N6O2S. The van der Waals surface area contributed by atoms with Gasteiger partial charge in [-0.2, -0.15) is 18.2 Å². The fraction of sp³-hybridized carbons (Fsp3) is 0.240. The van der Waals surface area contributed by atoms with Gasteiger partial charge >= 0.3 is 6.18 Å². The van der Waals surface area contributed by atoms with Crippen molar-refractivity contribution < 1.29 is 30.4 Å². The summed E-state index contributed by atoms with van der Waals surface area (Å²) < 4.78 is 93.9. The van der Waals surface area contributed by atoms with Gasteiger partial charge in [0.25, 0.3) is 0 Å². The third-order valence-corrected chi connectivity index (χ3v) is 6.65. The second kappa shape index (κ2) is 9.59. The maximum absolute atomic E-state index is 14.1. The number of sulfonamides is 1. The van der Waals surface area contributed by atoms with Gasteiger partial charge in [0.05, 0.1) is 23.2 Å². The van der Waals surface area contributed by atoms with Crippen LogP contribution in [-0.4, -0.2) is 41.3 Å². The molecule has 3 N–H and O–H groups in total. The van der Waals surface area contributed by atoms with Crippen LogP contribution in [0.2, 0.25) is 0 Å². The first-order chi connectivity index (χ1) is 18.3. The van der Waals surface area contributed by atoms with E-state index in [0.717, 1.165) is 12.3 Å². The molecule has 0 spiro atoms. The molecule has 0 unspecified atom stereocenters. The van der Waals surface area contributed by atoms with Crippen molar-refractivity contribution >= 4 is 38.5 Å². The molecule has 2 heterocycles. The molecule has 204 valence electrons. The lowest BCUT2D eigenvalue weighted by Crippen LogP contribution is -2.39. The second-order valence-electron chi connectivity index (χ2n) is 9.25. The van der Waals surface area contributed by atoms with Crippen molar-refractivity contribution in [1.29, 1.82) is 0 Å². The van der Waals surface area contributed by atoms with E-state index >= 15 is 0 Å². The van der Waals surface area contributed by atoms with Gasteiger partial charge in [-0.1, -0.05) is 0 Å². The molecule has 5 rings (SSSR count). The molecule has 0 aliphatic heterocycles. The van der Waals surface area contributed by atoms with E-state index in [4.69, 9.17) is 0 Å². The Morgan fingerprint density at radius 2 is 1.64 bits per heavy atom. The minimum absolute atomic E-state index is 0.00876. The monoisotopic (exact) mass is 564 g/mol. The third kappa shape index (κ3) is 6.00. The van der Waals surface area contributed by atoms with E-state index in [1.807, 2.05) is 0 Å². The Morgan fingerprint density at radius 1 is 0.923 bits per heavy atom. The molecular weight excluding hydrogens is 543 g/mol. The van der Waals surface area contributed by atoms with Crippen molar-refractivity contribution in [2.75, 3.05) is 21.6 Å². The number of alkyl halides is 3. The standard InChI is InChI=1S/C25H21F5N6O2S/c1-39(37,38)36-18-11-14(10-17(27)12-18)13-31-23-33-20-7-6-19(15-2-4-16(26)5-3-15)32-21(20)22(34-23)35-24(8-9-24)25(28,29)30/h2-7,10-12,36H,8-9,13H2,1H3,(H2,31,33,34,35). The van der Waals surface area contributed by atoms with Gasteiger partial charge in [0.2, 0.25) is 16.0 Å². The predicted octanol–water partition coefficient (Wildman–Crippen LogP) is 5.46. The fourth-order valence-electron chi connectivity index (χ4n) is 4.00. The smallest absolute Gasteiger partial charge is 0.354 e. The van der Waals surface area contributed by atoms with Crippen molar-refractivity contribution in [3.05, 3.63) is 71.8 Å². The number of hydrogen-bond donors (Lipinski definition) is 3. The number of fused-ring (bicyclic) bond motifs is 1. The van der Waals surface area contributed by atoms with Crippen LogP contribution in [0.1, 0.15) is 18.4 Å². The number of pyridine rings is 1. The highest BCUT2D eigenvalue weighted by atomic mass is 32.2. The first-order valence-corrected chi connectivity index (χ1v) is 13.5. The predicted molar refractivity (Wildman–Crippen MR) is 137 cm³/mol. The van der Waals surface area contributed by atoms with Crippen LogP contribution in [-0.2, 0) is 16.6 Å². The van der Waals surface area contributed by atoms with Gasteiger partial charge in [0, 0.05) is 12.1 Å². The highest BCUT2D eigenvalue weighted by molar-refractivity contribution is 7.92. The molecule has 4 aromatic rings. The zero-order chi connectivity index (χ0) is 28.0. The summed E-state index contributed by atoms with van der Waals surface area (Å²) in [6, 6.07) is 12.2. The van der Waals surface area contributed by atoms with Crippen molar-refractivity contribution in [2.45, 2.75) is 31.1 Å². The Labute approximate surface area is 219 Å². The van der Waals surface area contributed by atoms with Crippen LogP contribution in [0.5, 0.6) is 0 Å². The van der Waals surface area contributed by atoms with Gasteiger partial charge in [-0.15, -0.1) is 0 Å². The normalized spacial score (nSPS) is 14.7. The first-order valence-electron chi connectivity index (χ1n) is 11.6. The molecule has 1 aliphatic carbocycles. The number of hydrogen-bond acceptors (Lipinski definition) is 7. The summed E-state index contributed by atoms with van der Waals surface area (Å²) in [7, 11) is -3.64. The lowest BCUT2D eigenvalue weighted by molar-refractivity contribution is -0.151. The molecule has 0 radical (unpaired) electrons. The Bertz CT molecular complexity index is 1660. The Kier molecular flexibility index (Phi) is 6.53. The number of rotatable bonds is 8. The number of halogens is 5. The fourth-order valence-corrected chi connectivity index (χ4v) is 4.55. The van der Waals surface area contributed by atoms with E-state index in [1.165, 1.54) is 36.4 Å². The summed E-state index contributed by atoms with van der Waals surface area (Å²) in [5.74, 6) is -1.35. The van der Waals surface area contributed by atoms with Gasteiger partial charge in [-0.3, -0.25) is 4.72 Å². The average molecular weight is 565 g/mol. The summed E-state index contributed by atoms with van der Waals surface area (Å²) in [4.78, 5) is 13.1.